The molecule has 172 valence electrons. The Balaban J connectivity index is 1.52. The molecule has 0 spiro atoms. The van der Waals surface area contributed by atoms with Crippen LogP contribution in [0.5, 0.6) is 0 Å². The van der Waals surface area contributed by atoms with Gasteiger partial charge < -0.3 is 10.6 Å². The maximum Gasteiger partial charge on any atom is 0.168 e. The number of aromatic nitrogens is 2. The Morgan fingerprint density at radius 2 is 2.00 bits per heavy atom. The predicted molar refractivity (Wildman–Crippen MR) is 123 cm³/mol. The number of hydrogen-bond donors (Lipinski definition) is 3. The Bertz CT molecular complexity index is 1370. The van der Waals surface area contributed by atoms with E-state index in [1.807, 2.05) is 18.2 Å². The molecule has 3 N–H and O–H groups in total. The second-order valence-electron chi connectivity index (χ2n) is 8.94. The maximum atomic E-state index is 15.0. The lowest BCUT2D eigenvalue weighted by molar-refractivity contribution is 0.358. The lowest BCUT2D eigenvalue weighted by Crippen LogP contribution is -2.68. The Morgan fingerprint density at radius 3 is 2.70 bits per heavy atom. The van der Waals surface area contributed by atoms with Gasteiger partial charge in [0, 0.05) is 29.0 Å². The number of pyridine rings is 2. The molecule has 5 rings (SSSR count). The number of amidine groups is 1. The van der Waals surface area contributed by atoms with Crippen molar-refractivity contribution < 1.29 is 17.2 Å². The van der Waals surface area contributed by atoms with Crippen molar-refractivity contribution in [2.45, 2.75) is 30.1 Å². The summed E-state index contributed by atoms with van der Waals surface area (Å²) >= 11 is 0. The first-order valence-electron chi connectivity index (χ1n) is 10.6. The average molecular weight is 472 g/mol. The second kappa shape index (κ2) is 7.44. The molecular weight excluding hydrogens is 448 g/mol. The van der Waals surface area contributed by atoms with Crippen LogP contribution in [0, 0.1) is 17.1 Å². The molecule has 10 heteroatoms. The SMILES string of the molecule is C[C@@]1(c2cc(Nc3nccc4cccnc34)ccc2F)CS(=O)(=O)[C@@](CF)(C2CC2)C(=N)N1. The van der Waals surface area contributed by atoms with Gasteiger partial charge in [-0.2, -0.15) is 0 Å². The summed E-state index contributed by atoms with van der Waals surface area (Å²) in [5, 5.41) is 15.3. The van der Waals surface area contributed by atoms with E-state index in [2.05, 4.69) is 20.6 Å². The van der Waals surface area contributed by atoms with Crippen LogP contribution in [0.2, 0.25) is 0 Å². The van der Waals surface area contributed by atoms with Crippen LogP contribution < -0.4 is 10.6 Å². The molecule has 2 atom stereocenters. The van der Waals surface area contributed by atoms with Crippen molar-refractivity contribution in [2.24, 2.45) is 5.92 Å². The van der Waals surface area contributed by atoms with Crippen molar-refractivity contribution >= 4 is 38.1 Å². The molecule has 0 radical (unpaired) electrons. The number of anilines is 2. The zero-order chi connectivity index (χ0) is 23.4. The lowest BCUT2D eigenvalue weighted by atomic mass is 9.90. The number of nitrogens with one attached hydrogen (secondary N) is 3. The highest BCUT2D eigenvalue weighted by Crippen LogP contribution is 2.49. The van der Waals surface area contributed by atoms with Crippen LogP contribution in [0.1, 0.15) is 25.3 Å². The molecule has 2 aromatic heterocycles. The summed E-state index contributed by atoms with van der Waals surface area (Å²) in [5.41, 5.74) is -0.254. The number of nitrogens with zero attached hydrogens (tertiary/aromatic N) is 2. The highest BCUT2D eigenvalue weighted by atomic mass is 32.2. The Kier molecular flexibility index (Phi) is 4.89. The molecule has 3 aromatic rings. The molecule has 1 aromatic carbocycles. The maximum absolute atomic E-state index is 15.0. The molecule has 2 fully saturated rings. The van der Waals surface area contributed by atoms with Gasteiger partial charge in [-0.05, 0) is 56.0 Å². The third-order valence-corrected chi connectivity index (χ3v) is 9.35. The van der Waals surface area contributed by atoms with E-state index in [0.717, 1.165) is 5.39 Å². The van der Waals surface area contributed by atoms with Gasteiger partial charge in [-0.15, -0.1) is 0 Å². The molecular formula is C23H23F2N5O2S. The highest BCUT2D eigenvalue weighted by Gasteiger charge is 2.63. The molecule has 0 unspecified atom stereocenters. The van der Waals surface area contributed by atoms with Gasteiger partial charge in [0.2, 0.25) is 0 Å². The second-order valence-corrected chi connectivity index (χ2v) is 11.2. The summed E-state index contributed by atoms with van der Waals surface area (Å²) in [5.74, 6) is -1.49. The van der Waals surface area contributed by atoms with Crippen LogP contribution in [-0.4, -0.2) is 41.4 Å². The Labute approximate surface area is 190 Å². The standard InChI is InChI=1S/C23H23F2N5O2S/c1-22(13-33(31,32)23(12-24,15-4-5-15)21(26)30-22)17-11-16(6-7-18(17)25)29-20-19-14(8-10-28-20)3-2-9-27-19/h2-3,6-11,15H,4-5,12-13H2,1H3,(H2,26,30)(H,28,29)/t22-,23-/m0/s1. The van der Waals surface area contributed by atoms with Gasteiger partial charge in [0.25, 0.3) is 0 Å². The number of rotatable bonds is 5. The zero-order valence-corrected chi connectivity index (χ0v) is 18.7. The molecule has 2 aliphatic rings. The largest absolute Gasteiger partial charge is 0.362 e. The predicted octanol–water partition coefficient (Wildman–Crippen LogP) is 3.84. The number of sulfone groups is 1. The topological polar surface area (TPSA) is 108 Å². The van der Waals surface area contributed by atoms with Gasteiger partial charge in [-0.1, -0.05) is 6.07 Å². The third kappa shape index (κ3) is 3.35. The number of alkyl halides is 1. The fraction of sp³-hybridized carbons (Fsp3) is 0.348. The van der Waals surface area contributed by atoms with E-state index in [4.69, 9.17) is 5.41 Å². The average Bonchev–Trinajstić information content (AvgIpc) is 3.60. The number of halogens is 2. The van der Waals surface area contributed by atoms with E-state index in [1.165, 1.54) is 25.1 Å². The highest BCUT2D eigenvalue weighted by molar-refractivity contribution is 7.93. The quantitative estimate of drug-likeness (QED) is 0.522. The summed E-state index contributed by atoms with van der Waals surface area (Å²) < 4.78 is 53.7. The zero-order valence-electron chi connectivity index (χ0n) is 17.9. The van der Waals surface area contributed by atoms with Gasteiger partial charge in [0.15, 0.2) is 20.4 Å². The molecule has 1 saturated carbocycles. The Hall–Kier alpha value is -3.14. The number of benzene rings is 1. The van der Waals surface area contributed by atoms with E-state index in [-0.39, 0.29) is 5.56 Å². The molecule has 3 heterocycles. The van der Waals surface area contributed by atoms with Crippen molar-refractivity contribution in [1.29, 1.82) is 5.41 Å². The van der Waals surface area contributed by atoms with Gasteiger partial charge >= 0.3 is 0 Å². The minimum atomic E-state index is -4.07. The molecule has 0 bridgehead atoms. The fourth-order valence-electron chi connectivity index (χ4n) is 4.75. The van der Waals surface area contributed by atoms with Crippen LogP contribution >= 0.6 is 0 Å². The van der Waals surface area contributed by atoms with Gasteiger partial charge in [-0.3, -0.25) is 10.4 Å². The van der Waals surface area contributed by atoms with Crippen LogP contribution in [-0.2, 0) is 15.4 Å². The normalized spacial score (nSPS) is 26.7. The molecule has 33 heavy (non-hydrogen) atoms. The lowest BCUT2D eigenvalue weighted by Gasteiger charge is -2.45. The summed E-state index contributed by atoms with van der Waals surface area (Å²) in [4.78, 5) is 8.66. The van der Waals surface area contributed by atoms with Crippen molar-refractivity contribution in [1.82, 2.24) is 15.3 Å². The van der Waals surface area contributed by atoms with Gasteiger partial charge in [0.1, 0.15) is 23.8 Å². The first-order valence-corrected chi connectivity index (χ1v) is 12.3. The minimum absolute atomic E-state index is 0.0669. The van der Waals surface area contributed by atoms with Crippen molar-refractivity contribution in [3.05, 3.63) is 60.2 Å². The summed E-state index contributed by atoms with van der Waals surface area (Å²) in [6.45, 7) is 0.361. The van der Waals surface area contributed by atoms with Gasteiger partial charge in [0.05, 0.1) is 11.3 Å². The van der Waals surface area contributed by atoms with Crippen LogP contribution in [0.3, 0.4) is 0 Å². The van der Waals surface area contributed by atoms with E-state index in [1.54, 1.807) is 12.4 Å². The first-order chi connectivity index (χ1) is 15.7. The van der Waals surface area contributed by atoms with E-state index < -0.39 is 50.1 Å². The van der Waals surface area contributed by atoms with Crippen LogP contribution in [0.15, 0.2) is 48.8 Å². The monoisotopic (exact) mass is 471 g/mol. The first kappa shape index (κ1) is 21.7. The molecule has 0 amide bonds. The molecule has 1 saturated heterocycles. The fourth-order valence-corrected chi connectivity index (χ4v) is 7.27. The molecule has 1 aliphatic heterocycles. The summed E-state index contributed by atoms with van der Waals surface area (Å²) in [7, 11) is -4.07. The number of fused-ring (bicyclic) bond motifs is 1. The van der Waals surface area contributed by atoms with Crippen LogP contribution in [0.25, 0.3) is 10.9 Å². The van der Waals surface area contributed by atoms with Crippen molar-refractivity contribution in [3.8, 4) is 0 Å². The Morgan fingerprint density at radius 1 is 1.21 bits per heavy atom. The smallest absolute Gasteiger partial charge is 0.168 e. The van der Waals surface area contributed by atoms with Crippen molar-refractivity contribution in [3.63, 3.8) is 0 Å². The third-order valence-electron chi connectivity index (χ3n) is 6.64. The van der Waals surface area contributed by atoms with E-state index in [0.29, 0.717) is 29.9 Å². The van der Waals surface area contributed by atoms with E-state index in [9.17, 15) is 17.2 Å². The number of hydrogen-bond acceptors (Lipinski definition) is 6. The minimum Gasteiger partial charge on any atom is -0.362 e. The van der Waals surface area contributed by atoms with Crippen LogP contribution in [0.4, 0.5) is 20.3 Å². The molecule has 7 nitrogen and oxygen atoms in total. The molecule has 1 aliphatic carbocycles. The summed E-state index contributed by atoms with van der Waals surface area (Å²) in [6.07, 6.45) is 4.39. The van der Waals surface area contributed by atoms with Gasteiger partial charge in [-0.25, -0.2) is 22.2 Å². The van der Waals surface area contributed by atoms with Crippen molar-refractivity contribution in [2.75, 3.05) is 17.7 Å². The summed E-state index contributed by atoms with van der Waals surface area (Å²) in [6, 6.07) is 9.78. The van der Waals surface area contributed by atoms with E-state index >= 15 is 0 Å².